The van der Waals surface area contributed by atoms with E-state index in [9.17, 15) is 9.59 Å². The average molecular weight is 375 g/mol. The molecule has 1 unspecified atom stereocenters. The van der Waals surface area contributed by atoms with E-state index < -0.39 is 0 Å². The summed E-state index contributed by atoms with van der Waals surface area (Å²) < 4.78 is 0. The lowest BCUT2D eigenvalue weighted by Crippen LogP contribution is -2.36. The van der Waals surface area contributed by atoms with E-state index >= 15 is 0 Å². The van der Waals surface area contributed by atoms with Gasteiger partial charge in [0.25, 0.3) is 0 Å². The van der Waals surface area contributed by atoms with Crippen LogP contribution in [-0.2, 0) is 9.59 Å². The number of nitrogens with zero attached hydrogens (tertiary/aromatic N) is 1. The van der Waals surface area contributed by atoms with Crippen LogP contribution in [0.2, 0.25) is 0 Å². The van der Waals surface area contributed by atoms with E-state index in [0.29, 0.717) is 24.1 Å². The van der Waals surface area contributed by atoms with Crippen molar-refractivity contribution in [3.63, 3.8) is 0 Å². The van der Waals surface area contributed by atoms with Gasteiger partial charge in [0, 0.05) is 17.5 Å². The molecule has 0 spiro atoms. The molecule has 28 heavy (non-hydrogen) atoms. The van der Waals surface area contributed by atoms with Gasteiger partial charge in [-0.1, -0.05) is 30.3 Å². The third-order valence-electron chi connectivity index (χ3n) is 5.41. The molecule has 0 aromatic heterocycles. The van der Waals surface area contributed by atoms with Crippen LogP contribution in [0.15, 0.2) is 54.6 Å². The molecule has 1 atom stereocenters. The van der Waals surface area contributed by atoms with Crippen molar-refractivity contribution in [3.05, 3.63) is 65.7 Å². The van der Waals surface area contributed by atoms with Gasteiger partial charge in [0.15, 0.2) is 0 Å². The summed E-state index contributed by atoms with van der Waals surface area (Å²) in [7, 11) is 0. The van der Waals surface area contributed by atoms with Crippen LogP contribution in [0.5, 0.6) is 0 Å². The number of hydrogen-bond donors (Lipinski definition) is 2. The maximum absolute atomic E-state index is 12.6. The Kier molecular flexibility index (Phi) is 6.44. The topological polar surface area (TPSA) is 82.0 Å². The third-order valence-corrected chi connectivity index (χ3v) is 5.41. The quantitative estimate of drug-likeness (QED) is 0.822. The van der Waals surface area contributed by atoms with Gasteiger partial charge in [0.05, 0.1) is 17.7 Å². The Morgan fingerprint density at radius 1 is 0.929 bits per heavy atom. The third kappa shape index (κ3) is 4.98. The lowest BCUT2D eigenvalue weighted by Gasteiger charge is -2.28. The number of nitrogens with one attached hydrogen (secondary N) is 2. The predicted molar refractivity (Wildman–Crippen MR) is 108 cm³/mol. The van der Waals surface area contributed by atoms with Crippen LogP contribution in [0.1, 0.15) is 49.8 Å². The summed E-state index contributed by atoms with van der Waals surface area (Å²) in [6.45, 7) is 1.99. The molecular weight excluding hydrogens is 350 g/mol. The van der Waals surface area contributed by atoms with E-state index in [1.807, 2.05) is 37.3 Å². The number of carbonyl (C=O) groups excluding carboxylic acids is 2. The van der Waals surface area contributed by atoms with Gasteiger partial charge in [-0.2, -0.15) is 5.26 Å². The number of carbonyl (C=O) groups is 2. The highest BCUT2D eigenvalue weighted by atomic mass is 16.2. The van der Waals surface area contributed by atoms with Crippen LogP contribution >= 0.6 is 0 Å². The van der Waals surface area contributed by atoms with Crippen molar-refractivity contribution >= 4 is 17.5 Å². The predicted octanol–water partition coefficient (Wildman–Crippen LogP) is 4.18. The van der Waals surface area contributed by atoms with Crippen molar-refractivity contribution in [1.29, 1.82) is 5.26 Å². The smallest absolute Gasteiger partial charge is 0.227 e. The molecule has 0 radical (unpaired) electrons. The second kappa shape index (κ2) is 9.18. The molecule has 2 aromatic rings. The minimum absolute atomic E-state index is 0.0128. The minimum Gasteiger partial charge on any atom is -0.349 e. The van der Waals surface area contributed by atoms with Gasteiger partial charge in [-0.15, -0.1) is 0 Å². The number of anilines is 1. The van der Waals surface area contributed by atoms with Crippen molar-refractivity contribution in [2.75, 3.05) is 5.32 Å². The first-order valence-electron chi connectivity index (χ1n) is 9.73. The molecular formula is C23H25N3O2. The summed E-state index contributed by atoms with van der Waals surface area (Å²) in [4.78, 5) is 25.1. The highest BCUT2D eigenvalue weighted by Crippen LogP contribution is 2.30. The maximum Gasteiger partial charge on any atom is 0.227 e. The number of nitriles is 1. The SMILES string of the molecule is CC(NC(=O)C1CCC(C(=O)Nc2ccc(C#N)cc2)CC1)c1ccccc1. The Labute approximate surface area is 165 Å². The highest BCUT2D eigenvalue weighted by molar-refractivity contribution is 5.92. The number of amides is 2. The summed E-state index contributed by atoms with van der Waals surface area (Å²) in [5.74, 6) is -0.0557. The number of hydrogen-bond acceptors (Lipinski definition) is 3. The monoisotopic (exact) mass is 375 g/mol. The molecule has 1 aliphatic rings. The van der Waals surface area contributed by atoms with Crippen LogP contribution in [0.25, 0.3) is 0 Å². The molecule has 1 fully saturated rings. The van der Waals surface area contributed by atoms with Crippen molar-refractivity contribution < 1.29 is 9.59 Å². The normalized spacial score (nSPS) is 19.9. The maximum atomic E-state index is 12.6. The van der Waals surface area contributed by atoms with Gasteiger partial charge in [0.1, 0.15) is 0 Å². The van der Waals surface area contributed by atoms with Crippen LogP contribution < -0.4 is 10.6 Å². The zero-order valence-electron chi connectivity index (χ0n) is 16.0. The van der Waals surface area contributed by atoms with E-state index in [0.717, 1.165) is 18.4 Å². The molecule has 0 bridgehead atoms. The van der Waals surface area contributed by atoms with Crippen molar-refractivity contribution in [2.24, 2.45) is 11.8 Å². The summed E-state index contributed by atoms with van der Waals surface area (Å²) in [6, 6.07) is 18.8. The Balaban J connectivity index is 1.47. The van der Waals surface area contributed by atoms with Crippen molar-refractivity contribution in [1.82, 2.24) is 5.32 Å². The van der Waals surface area contributed by atoms with Gasteiger partial charge in [-0.3, -0.25) is 9.59 Å². The van der Waals surface area contributed by atoms with Crippen LogP contribution in [0.3, 0.4) is 0 Å². The molecule has 0 saturated heterocycles. The molecule has 5 heteroatoms. The number of benzene rings is 2. The summed E-state index contributed by atoms with van der Waals surface area (Å²) >= 11 is 0. The van der Waals surface area contributed by atoms with Crippen molar-refractivity contribution in [2.45, 2.75) is 38.6 Å². The van der Waals surface area contributed by atoms with Gasteiger partial charge in [0.2, 0.25) is 11.8 Å². The second-order valence-electron chi connectivity index (χ2n) is 7.37. The zero-order valence-corrected chi connectivity index (χ0v) is 16.0. The number of rotatable bonds is 5. The molecule has 0 heterocycles. The Morgan fingerprint density at radius 2 is 1.50 bits per heavy atom. The fourth-order valence-electron chi connectivity index (χ4n) is 3.65. The fourth-order valence-corrected chi connectivity index (χ4v) is 3.65. The average Bonchev–Trinajstić information content (AvgIpc) is 2.75. The molecule has 0 aliphatic heterocycles. The largest absolute Gasteiger partial charge is 0.349 e. The van der Waals surface area contributed by atoms with Gasteiger partial charge in [-0.05, 0) is 62.4 Å². The Bertz CT molecular complexity index is 848. The van der Waals surface area contributed by atoms with Crippen LogP contribution in [0.4, 0.5) is 5.69 Å². The first-order chi connectivity index (χ1) is 13.6. The molecule has 1 aliphatic carbocycles. The standard InChI is InChI=1S/C23H25N3O2/c1-16(18-5-3-2-4-6-18)25-22(27)19-9-11-20(12-10-19)23(28)26-21-13-7-17(15-24)8-14-21/h2-8,13-14,16,19-20H,9-12H2,1H3,(H,25,27)(H,26,28). The van der Waals surface area contributed by atoms with Crippen LogP contribution in [-0.4, -0.2) is 11.8 Å². The molecule has 144 valence electrons. The van der Waals surface area contributed by atoms with E-state index in [-0.39, 0.29) is 29.7 Å². The van der Waals surface area contributed by atoms with Gasteiger partial charge in [-0.25, -0.2) is 0 Å². The second-order valence-corrected chi connectivity index (χ2v) is 7.37. The Morgan fingerprint density at radius 3 is 2.07 bits per heavy atom. The van der Waals surface area contributed by atoms with E-state index in [1.54, 1.807) is 24.3 Å². The first kappa shape index (κ1) is 19.6. The lowest BCUT2D eigenvalue weighted by molar-refractivity contribution is -0.129. The molecule has 5 nitrogen and oxygen atoms in total. The summed E-state index contributed by atoms with van der Waals surface area (Å²) in [5, 5.41) is 14.8. The molecule has 1 saturated carbocycles. The van der Waals surface area contributed by atoms with E-state index in [4.69, 9.17) is 5.26 Å². The zero-order chi connectivity index (χ0) is 19.9. The minimum atomic E-state index is -0.0776. The van der Waals surface area contributed by atoms with Gasteiger partial charge < -0.3 is 10.6 Å². The molecule has 2 aromatic carbocycles. The molecule has 2 amide bonds. The first-order valence-corrected chi connectivity index (χ1v) is 9.73. The molecule has 3 rings (SSSR count). The lowest BCUT2D eigenvalue weighted by atomic mass is 9.81. The van der Waals surface area contributed by atoms with E-state index in [2.05, 4.69) is 16.7 Å². The van der Waals surface area contributed by atoms with Gasteiger partial charge >= 0.3 is 0 Å². The van der Waals surface area contributed by atoms with E-state index in [1.165, 1.54) is 0 Å². The fraction of sp³-hybridized carbons (Fsp3) is 0.348. The van der Waals surface area contributed by atoms with Crippen LogP contribution in [0, 0.1) is 23.2 Å². The Hall–Kier alpha value is -3.13. The molecule has 2 N–H and O–H groups in total. The van der Waals surface area contributed by atoms with Crippen molar-refractivity contribution in [3.8, 4) is 6.07 Å². The summed E-state index contributed by atoms with van der Waals surface area (Å²) in [6.07, 6.45) is 2.86. The highest BCUT2D eigenvalue weighted by Gasteiger charge is 2.30. The summed E-state index contributed by atoms with van der Waals surface area (Å²) in [5.41, 5.74) is 2.35.